The molecule has 38 heavy (non-hydrogen) atoms. The number of hydrogen-bond acceptors (Lipinski definition) is 6. The second-order valence-electron chi connectivity index (χ2n) is 9.74. The Hall–Kier alpha value is -3.60. The lowest BCUT2D eigenvalue weighted by Gasteiger charge is -2.34. The van der Waals surface area contributed by atoms with Crippen LogP contribution < -0.4 is 5.32 Å². The van der Waals surface area contributed by atoms with Crippen molar-refractivity contribution in [1.82, 2.24) is 14.8 Å². The summed E-state index contributed by atoms with van der Waals surface area (Å²) in [6.07, 6.45) is 7.21. The van der Waals surface area contributed by atoms with Crippen molar-refractivity contribution in [1.29, 1.82) is 0 Å². The third-order valence-electron chi connectivity index (χ3n) is 7.16. The molecule has 2 aromatic carbocycles. The zero-order valence-electron chi connectivity index (χ0n) is 20.7. The third-order valence-corrected chi connectivity index (χ3v) is 7.62. The number of carbonyl (C=O) groups is 2. The van der Waals surface area contributed by atoms with Crippen molar-refractivity contribution in [3.05, 3.63) is 74.3 Å². The molecule has 2 saturated heterocycles. The van der Waals surface area contributed by atoms with E-state index in [9.17, 15) is 24.1 Å². The number of benzene rings is 2. The van der Waals surface area contributed by atoms with Crippen LogP contribution in [0, 0.1) is 15.9 Å². The summed E-state index contributed by atoms with van der Waals surface area (Å²) in [6.45, 7) is 2.04. The maximum absolute atomic E-state index is 13.7. The Morgan fingerprint density at radius 1 is 1.00 bits per heavy atom. The van der Waals surface area contributed by atoms with Gasteiger partial charge in [-0.25, -0.2) is 4.39 Å². The zero-order chi connectivity index (χ0) is 26.8. The predicted octanol–water partition coefficient (Wildman–Crippen LogP) is 5.39. The second kappa shape index (κ2) is 11.0. The van der Waals surface area contributed by atoms with Gasteiger partial charge in [-0.15, -0.1) is 0 Å². The number of carbonyl (C=O) groups excluding carboxylic acids is 2. The van der Waals surface area contributed by atoms with Gasteiger partial charge in [-0.3, -0.25) is 24.7 Å². The minimum absolute atomic E-state index is 0.176. The predicted molar refractivity (Wildman–Crippen MR) is 145 cm³/mol. The van der Waals surface area contributed by atoms with E-state index in [0.717, 1.165) is 19.3 Å². The van der Waals surface area contributed by atoms with Gasteiger partial charge in [0, 0.05) is 60.5 Å². The lowest BCUT2D eigenvalue weighted by molar-refractivity contribution is -0.384. The Bertz CT molecular complexity index is 1410. The second-order valence-corrected chi connectivity index (χ2v) is 10.7. The lowest BCUT2D eigenvalue weighted by Crippen LogP contribution is -2.45. The van der Waals surface area contributed by atoms with Gasteiger partial charge >= 0.3 is 0 Å². The van der Waals surface area contributed by atoms with E-state index in [0.29, 0.717) is 59.8 Å². The number of nitrogens with zero attached hydrogens (tertiary/aromatic N) is 4. The van der Waals surface area contributed by atoms with Crippen molar-refractivity contribution >= 4 is 49.9 Å². The molecule has 1 atom stereocenters. The first-order chi connectivity index (χ1) is 18.3. The molecule has 0 bridgehead atoms. The maximum atomic E-state index is 13.7. The molecule has 198 valence electrons. The van der Waals surface area contributed by atoms with E-state index in [-0.39, 0.29) is 34.8 Å². The molecular formula is C27H27BrFN5O4. The van der Waals surface area contributed by atoms with Gasteiger partial charge in [-0.1, -0.05) is 22.0 Å². The summed E-state index contributed by atoms with van der Waals surface area (Å²) in [5.74, 6) is -0.886. The van der Waals surface area contributed by atoms with Gasteiger partial charge < -0.3 is 15.1 Å². The largest absolute Gasteiger partial charge is 0.374 e. The van der Waals surface area contributed by atoms with Crippen LogP contribution in [0.3, 0.4) is 0 Å². The quantitative estimate of drug-likeness (QED) is 0.319. The first-order valence-electron chi connectivity index (χ1n) is 12.7. The number of amides is 2. The van der Waals surface area contributed by atoms with Crippen LogP contribution in [0.25, 0.3) is 10.8 Å². The van der Waals surface area contributed by atoms with Crippen molar-refractivity contribution in [3.63, 3.8) is 0 Å². The van der Waals surface area contributed by atoms with Crippen molar-refractivity contribution in [3.8, 4) is 0 Å². The maximum Gasteiger partial charge on any atom is 0.294 e. The van der Waals surface area contributed by atoms with E-state index < -0.39 is 10.7 Å². The average molecular weight is 584 g/mol. The summed E-state index contributed by atoms with van der Waals surface area (Å²) in [5.41, 5.74) is 0.606. The third kappa shape index (κ3) is 5.33. The zero-order valence-corrected chi connectivity index (χ0v) is 22.2. The molecule has 1 aromatic heterocycles. The fraction of sp³-hybridized carbons (Fsp3) is 0.370. The Kier molecular flexibility index (Phi) is 7.55. The van der Waals surface area contributed by atoms with Gasteiger partial charge in [0.1, 0.15) is 11.5 Å². The Morgan fingerprint density at radius 3 is 2.50 bits per heavy atom. The van der Waals surface area contributed by atoms with E-state index in [2.05, 4.69) is 26.2 Å². The number of pyridine rings is 1. The minimum atomic E-state index is -0.493. The van der Waals surface area contributed by atoms with Crippen LogP contribution in [0.4, 0.5) is 15.8 Å². The van der Waals surface area contributed by atoms with Crippen LogP contribution in [0.1, 0.15) is 52.8 Å². The standard InChI is InChI=1S/C27H27BrFN5O4/c28-18-12-22(26(35)32-8-2-1-3-9-32)25(24(13-18)34(37)38)31-20-5-4-10-33(16-20)27(36)23-15-30-14-17-11-19(29)6-7-21(17)23/h6-7,11-15,20,31H,1-5,8-10,16H2/t20-/m1/s1. The number of likely N-dealkylation sites (tertiary alicyclic amines) is 2. The van der Waals surface area contributed by atoms with E-state index in [1.54, 1.807) is 21.9 Å². The number of halogens is 2. The highest BCUT2D eigenvalue weighted by Gasteiger charge is 2.31. The highest BCUT2D eigenvalue weighted by molar-refractivity contribution is 9.10. The first-order valence-corrected chi connectivity index (χ1v) is 13.5. The molecule has 3 heterocycles. The molecule has 2 aliphatic heterocycles. The van der Waals surface area contributed by atoms with E-state index in [4.69, 9.17) is 0 Å². The SMILES string of the molecule is O=C(c1cc(Br)cc([N+](=O)[O-])c1N[C@@H]1CCCN(C(=O)c2cncc3cc(F)ccc23)C1)N1CCCCC1. The number of aromatic nitrogens is 1. The number of piperidine rings is 2. The van der Waals surface area contributed by atoms with Crippen LogP contribution in [-0.4, -0.2) is 63.7 Å². The van der Waals surface area contributed by atoms with Gasteiger partial charge in [0.25, 0.3) is 17.5 Å². The highest BCUT2D eigenvalue weighted by atomic mass is 79.9. The summed E-state index contributed by atoms with van der Waals surface area (Å²) in [4.78, 5) is 46.0. The fourth-order valence-corrected chi connectivity index (χ4v) is 5.74. The monoisotopic (exact) mass is 583 g/mol. The molecule has 0 radical (unpaired) electrons. The summed E-state index contributed by atoms with van der Waals surface area (Å²) < 4.78 is 14.1. The van der Waals surface area contributed by atoms with Crippen LogP contribution in [0.5, 0.6) is 0 Å². The summed E-state index contributed by atoms with van der Waals surface area (Å²) in [6, 6.07) is 6.94. The van der Waals surface area contributed by atoms with Crippen molar-refractivity contribution < 1.29 is 18.9 Å². The van der Waals surface area contributed by atoms with E-state index in [1.165, 1.54) is 30.6 Å². The molecule has 11 heteroatoms. The van der Waals surface area contributed by atoms with Gasteiger partial charge in [-0.05, 0) is 55.7 Å². The topological polar surface area (TPSA) is 109 Å². The normalized spacial score (nSPS) is 17.9. The Labute approximate surface area is 227 Å². The number of nitro groups is 1. The van der Waals surface area contributed by atoms with Crippen LogP contribution in [0.2, 0.25) is 0 Å². The Morgan fingerprint density at radius 2 is 1.74 bits per heavy atom. The smallest absolute Gasteiger partial charge is 0.294 e. The van der Waals surface area contributed by atoms with Crippen LogP contribution in [-0.2, 0) is 0 Å². The molecule has 0 unspecified atom stereocenters. The Balaban J connectivity index is 1.42. The van der Waals surface area contributed by atoms with Crippen LogP contribution in [0.15, 0.2) is 47.2 Å². The number of nitrogens with one attached hydrogen (secondary N) is 1. The van der Waals surface area contributed by atoms with Crippen molar-refractivity contribution in [2.75, 3.05) is 31.5 Å². The molecule has 2 aliphatic rings. The average Bonchev–Trinajstić information content (AvgIpc) is 2.93. The van der Waals surface area contributed by atoms with Crippen molar-refractivity contribution in [2.24, 2.45) is 0 Å². The van der Waals surface area contributed by atoms with Crippen LogP contribution >= 0.6 is 15.9 Å². The molecule has 9 nitrogen and oxygen atoms in total. The number of hydrogen-bond donors (Lipinski definition) is 1. The fourth-order valence-electron chi connectivity index (χ4n) is 5.30. The molecule has 3 aromatic rings. The van der Waals surface area contributed by atoms with Gasteiger partial charge in [-0.2, -0.15) is 0 Å². The molecule has 5 rings (SSSR count). The molecular weight excluding hydrogens is 557 g/mol. The van der Waals surface area contributed by atoms with E-state index in [1.807, 2.05) is 0 Å². The molecule has 2 amide bonds. The molecule has 0 saturated carbocycles. The molecule has 0 spiro atoms. The summed E-state index contributed by atoms with van der Waals surface area (Å²) >= 11 is 3.33. The number of fused-ring (bicyclic) bond motifs is 1. The summed E-state index contributed by atoms with van der Waals surface area (Å²) in [5, 5.41) is 16.4. The molecule has 2 fully saturated rings. The number of anilines is 1. The highest BCUT2D eigenvalue weighted by Crippen LogP contribution is 2.35. The van der Waals surface area contributed by atoms with Crippen molar-refractivity contribution in [2.45, 2.75) is 38.1 Å². The van der Waals surface area contributed by atoms with Gasteiger partial charge in [0.2, 0.25) is 0 Å². The molecule has 0 aliphatic carbocycles. The number of rotatable bonds is 5. The number of nitro benzene ring substituents is 1. The van der Waals surface area contributed by atoms with E-state index >= 15 is 0 Å². The molecule has 1 N–H and O–H groups in total. The summed E-state index contributed by atoms with van der Waals surface area (Å²) in [7, 11) is 0. The minimum Gasteiger partial charge on any atom is -0.374 e. The lowest BCUT2D eigenvalue weighted by atomic mass is 10.0. The first kappa shape index (κ1) is 26.0. The van der Waals surface area contributed by atoms with Gasteiger partial charge in [0.15, 0.2) is 0 Å². The van der Waals surface area contributed by atoms with Gasteiger partial charge in [0.05, 0.1) is 16.1 Å².